The molecule has 1 saturated heterocycles. The Bertz CT molecular complexity index is 386. The summed E-state index contributed by atoms with van der Waals surface area (Å²) in [6.07, 6.45) is 0.775. The maximum Gasteiger partial charge on any atom is 0.144 e. The van der Waals surface area contributed by atoms with E-state index in [1.807, 2.05) is 23.9 Å². The molecule has 1 nitrogen and oxygen atoms in total. The van der Waals surface area contributed by atoms with Gasteiger partial charge in [0.1, 0.15) is 5.82 Å². The first-order valence-electron chi connectivity index (χ1n) is 5.96. The van der Waals surface area contributed by atoms with Crippen molar-refractivity contribution in [2.24, 2.45) is 5.92 Å². The fourth-order valence-electron chi connectivity index (χ4n) is 2.28. The number of benzene rings is 1. The molecule has 0 spiro atoms. The van der Waals surface area contributed by atoms with Crippen LogP contribution in [0, 0.1) is 11.7 Å². The lowest BCUT2D eigenvalue weighted by molar-refractivity contribution is 0.427. The molecule has 0 aliphatic carbocycles. The van der Waals surface area contributed by atoms with Gasteiger partial charge >= 0.3 is 0 Å². The van der Waals surface area contributed by atoms with Crippen LogP contribution in [0.2, 0.25) is 5.02 Å². The Morgan fingerprint density at radius 3 is 3.06 bits per heavy atom. The molecule has 2 unspecified atom stereocenters. The highest BCUT2D eigenvalue weighted by Crippen LogP contribution is 2.29. The molecule has 1 heterocycles. The molecule has 1 aromatic rings. The van der Waals surface area contributed by atoms with E-state index >= 15 is 0 Å². The second-order valence-electron chi connectivity index (χ2n) is 4.38. The summed E-state index contributed by atoms with van der Waals surface area (Å²) in [4.78, 5) is 0. The second-order valence-corrected chi connectivity index (χ2v) is 5.86. The normalized spacial score (nSPS) is 24.2. The summed E-state index contributed by atoms with van der Waals surface area (Å²) >= 11 is 7.74. The molecule has 0 bridgehead atoms. The van der Waals surface area contributed by atoms with Gasteiger partial charge < -0.3 is 5.32 Å². The third-order valence-corrected chi connectivity index (χ3v) is 4.73. The van der Waals surface area contributed by atoms with Crippen LogP contribution in [0.4, 0.5) is 4.39 Å². The van der Waals surface area contributed by atoms with Crippen molar-refractivity contribution >= 4 is 23.4 Å². The molecule has 1 aliphatic heterocycles. The van der Waals surface area contributed by atoms with Gasteiger partial charge in [-0.3, -0.25) is 0 Å². The summed E-state index contributed by atoms with van der Waals surface area (Å²) in [6, 6.07) is 5.77. The molecule has 0 aromatic heterocycles. The molecule has 1 N–H and O–H groups in total. The first kappa shape index (κ1) is 13.2. The van der Waals surface area contributed by atoms with Crippen LogP contribution in [0.5, 0.6) is 0 Å². The predicted octanol–water partition coefficient (Wildman–Crippen LogP) is 3.36. The standard InChI is InChI=1S/C13H17ClFNS/c1-2-16-12-8-17-7-10(12)6-9-4-3-5-11(14)13(9)15/h3-5,10,12,16H,2,6-8H2,1H3. The van der Waals surface area contributed by atoms with Crippen LogP contribution in [0.15, 0.2) is 18.2 Å². The summed E-state index contributed by atoms with van der Waals surface area (Å²) in [5.41, 5.74) is 0.743. The van der Waals surface area contributed by atoms with Crippen molar-refractivity contribution in [2.75, 3.05) is 18.1 Å². The van der Waals surface area contributed by atoms with Crippen LogP contribution in [-0.2, 0) is 6.42 Å². The van der Waals surface area contributed by atoms with E-state index in [1.54, 1.807) is 6.07 Å². The molecule has 94 valence electrons. The minimum atomic E-state index is -0.249. The van der Waals surface area contributed by atoms with Crippen LogP contribution in [0.1, 0.15) is 12.5 Å². The lowest BCUT2D eigenvalue weighted by Gasteiger charge is -2.19. The lowest BCUT2D eigenvalue weighted by Crippen LogP contribution is -2.36. The van der Waals surface area contributed by atoms with Gasteiger partial charge in [0.15, 0.2) is 0 Å². The summed E-state index contributed by atoms with van der Waals surface area (Å²) in [6.45, 7) is 3.08. The average molecular weight is 274 g/mol. The first-order chi connectivity index (χ1) is 8.22. The third-order valence-electron chi connectivity index (χ3n) is 3.18. The number of nitrogens with one attached hydrogen (secondary N) is 1. The maximum absolute atomic E-state index is 13.8. The van der Waals surface area contributed by atoms with Crippen LogP contribution < -0.4 is 5.32 Å². The van der Waals surface area contributed by atoms with Gasteiger partial charge in [-0.1, -0.05) is 30.7 Å². The molecular formula is C13H17ClFNS. The summed E-state index contributed by atoms with van der Waals surface area (Å²) < 4.78 is 13.8. The van der Waals surface area contributed by atoms with E-state index in [-0.39, 0.29) is 10.8 Å². The molecule has 1 fully saturated rings. The van der Waals surface area contributed by atoms with Gasteiger partial charge in [-0.2, -0.15) is 11.8 Å². The van der Waals surface area contributed by atoms with Crippen molar-refractivity contribution < 1.29 is 4.39 Å². The smallest absolute Gasteiger partial charge is 0.144 e. The monoisotopic (exact) mass is 273 g/mol. The average Bonchev–Trinajstić information content (AvgIpc) is 2.73. The molecule has 4 heteroatoms. The highest BCUT2D eigenvalue weighted by molar-refractivity contribution is 7.99. The third kappa shape index (κ3) is 3.15. The van der Waals surface area contributed by atoms with Crippen LogP contribution in [0.3, 0.4) is 0 Å². The van der Waals surface area contributed by atoms with Gasteiger partial charge in [0, 0.05) is 11.8 Å². The SMILES string of the molecule is CCNC1CSCC1Cc1cccc(Cl)c1F. The largest absolute Gasteiger partial charge is 0.313 e. The highest BCUT2D eigenvalue weighted by Gasteiger charge is 2.27. The van der Waals surface area contributed by atoms with E-state index in [4.69, 9.17) is 11.6 Å². The van der Waals surface area contributed by atoms with Gasteiger partial charge in [-0.15, -0.1) is 0 Å². The Balaban J connectivity index is 2.07. The topological polar surface area (TPSA) is 12.0 Å². The van der Waals surface area contributed by atoms with E-state index in [1.165, 1.54) is 0 Å². The zero-order valence-corrected chi connectivity index (χ0v) is 11.5. The molecule has 0 amide bonds. The van der Waals surface area contributed by atoms with E-state index in [0.29, 0.717) is 12.0 Å². The van der Waals surface area contributed by atoms with Crippen molar-refractivity contribution in [3.05, 3.63) is 34.6 Å². The quantitative estimate of drug-likeness (QED) is 0.903. The Labute approximate surface area is 111 Å². The van der Waals surface area contributed by atoms with Crippen molar-refractivity contribution in [1.82, 2.24) is 5.32 Å². The highest BCUT2D eigenvalue weighted by atomic mass is 35.5. The molecule has 1 aliphatic rings. The predicted molar refractivity (Wildman–Crippen MR) is 73.4 cm³/mol. The van der Waals surface area contributed by atoms with E-state index in [2.05, 4.69) is 12.2 Å². The van der Waals surface area contributed by atoms with Crippen molar-refractivity contribution in [3.8, 4) is 0 Å². The zero-order chi connectivity index (χ0) is 12.3. The van der Waals surface area contributed by atoms with Gasteiger partial charge in [0.25, 0.3) is 0 Å². The fourth-order valence-corrected chi connectivity index (χ4v) is 3.90. The van der Waals surface area contributed by atoms with E-state index in [0.717, 1.165) is 30.0 Å². The van der Waals surface area contributed by atoms with Gasteiger partial charge in [0.05, 0.1) is 5.02 Å². The maximum atomic E-state index is 13.8. The van der Waals surface area contributed by atoms with Gasteiger partial charge in [0.2, 0.25) is 0 Å². The Kier molecular flexibility index (Phi) is 4.71. The molecule has 0 radical (unpaired) electrons. The molecule has 1 aromatic carbocycles. The summed E-state index contributed by atoms with van der Waals surface area (Å²) in [5, 5.41) is 3.70. The van der Waals surface area contributed by atoms with Crippen molar-refractivity contribution in [3.63, 3.8) is 0 Å². The number of halogens is 2. The lowest BCUT2D eigenvalue weighted by atomic mass is 9.94. The Morgan fingerprint density at radius 1 is 1.47 bits per heavy atom. The minimum Gasteiger partial charge on any atom is -0.313 e. The van der Waals surface area contributed by atoms with Crippen LogP contribution in [0.25, 0.3) is 0 Å². The minimum absolute atomic E-state index is 0.230. The van der Waals surface area contributed by atoms with Crippen molar-refractivity contribution in [2.45, 2.75) is 19.4 Å². The Morgan fingerprint density at radius 2 is 2.29 bits per heavy atom. The Hall–Kier alpha value is -0.250. The van der Waals surface area contributed by atoms with Crippen molar-refractivity contribution in [1.29, 1.82) is 0 Å². The van der Waals surface area contributed by atoms with E-state index < -0.39 is 0 Å². The fraction of sp³-hybridized carbons (Fsp3) is 0.538. The van der Waals surface area contributed by atoms with Crippen LogP contribution in [-0.4, -0.2) is 24.1 Å². The molecule has 17 heavy (non-hydrogen) atoms. The molecule has 2 atom stereocenters. The number of hydrogen-bond donors (Lipinski definition) is 1. The van der Waals surface area contributed by atoms with Crippen LogP contribution >= 0.6 is 23.4 Å². The second kappa shape index (κ2) is 6.07. The summed E-state index contributed by atoms with van der Waals surface area (Å²) in [7, 11) is 0. The number of rotatable bonds is 4. The first-order valence-corrected chi connectivity index (χ1v) is 7.49. The van der Waals surface area contributed by atoms with Gasteiger partial charge in [-0.25, -0.2) is 4.39 Å². The van der Waals surface area contributed by atoms with E-state index in [9.17, 15) is 4.39 Å². The molecule has 2 rings (SSSR count). The number of hydrogen-bond acceptors (Lipinski definition) is 2. The van der Waals surface area contributed by atoms with Gasteiger partial charge in [-0.05, 0) is 36.3 Å². The number of thioether (sulfide) groups is 1. The summed E-state index contributed by atoms with van der Waals surface area (Å²) in [5.74, 6) is 2.49. The molecular weight excluding hydrogens is 257 g/mol. The molecule has 0 saturated carbocycles. The zero-order valence-electron chi connectivity index (χ0n) is 9.88.